The first-order valence-corrected chi connectivity index (χ1v) is 5.61. The number of aliphatic hydroxyl groups excluding tert-OH is 1. The molecule has 0 radical (unpaired) electrons. The van der Waals surface area contributed by atoms with Crippen molar-refractivity contribution in [3.8, 4) is 0 Å². The van der Waals surface area contributed by atoms with Gasteiger partial charge in [0, 0.05) is 0 Å². The summed E-state index contributed by atoms with van der Waals surface area (Å²) in [4.78, 5) is 0. The van der Waals surface area contributed by atoms with E-state index in [-0.39, 0.29) is 5.88 Å². The fourth-order valence-electron chi connectivity index (χ4n) is 1.69. The highest BCUT2D eigenvalue weighted by atomic mass is 35.5. The van der Waals surface area contributed by atoms with Crippen molar-refractivity contribution in [2.75, 3.05) is 12.5 Å². The summed E-state index contributed by atoms with van der Waals surface area (Å²) in [5, 5.41) is 9.18. The van der Waals surface area contributed by atoms with Gasteiger partial charge in [-0.1, -0.05) is 6.92 Å². The molecular weight excluding hydrogens is 188 g/mol. The zero-order valence-electron chi connectivity index (χ0n) is 8.21. The molecule has 1 rings (SSSR count). The number of ether oxygens (including phenoxy) is 1. The van der Waals surface area contributed by atoms with Crippen molar-refractivity contribution in [1.29, 1.82) is 0 Å². The van der Waals surface area contributed by atoms with E-state index in [2.05, 4.69) is 6.92 Å². The predicted molar refractivity (Wildman–Crippen MR) is 54.1 cm³/mol. The molecule has 0 aliphatic heterocycles. The second-order valence-corrected chi connectivity index (χ2v) is 4.33. The van der Waals surface area contributed by atoms with Crippen molar-refractivity contribution in [3.05, 3.63) is 0 Å². The number of rotatable bonds is 4. The molecule has 1 aliphatic rings. The van der Waals surface area contributed by atoms with Gasteiger partial charge in [0.05, 0.1) is 24.7 Å². The third-order valence-electron chi connectivity index (χ3n) is 2.67. The van der Waals surface area contributed by atoms with Crippen LogP contribution in [-0.2, 0) is 4.74 Å². The number of halogens is 1. The first-order valence-electron chi connectivity index (χ1n) is 5.08. The van der Waals surface area contributed by atoms with Crippen LogP contribution in [0.5, 0.6) is 0 Å². The number of hydrogen-bond acceptors (Lipinski definition) is 2. The highest BCUT2D eigenvalue weighted by molar-refractivity contribution is 6.18. The molecule has 1 unspecified atom stereocenters. The van der Waals surface area contributed by atoms with E-state index in [1.165, 1.54) is 12.8 Å². The van der Waals surface area contributed by atoms with Crippen LogP contribution >= 0.6 is 11.6 Å². The summed E-state index contributed by atoms with van der Waals surface area (Å²) < 4.78 is 5.55. The molecule has 0 saturated heterocycles. The van der Waals surface area contributed by atoms with Gasteiger partial charge in [-0.3, -0.25) is 0 Å². The van der Waals surface area contributed by atoms with Crippen LogP contribution in [0.2, 0.25) is 0 Å². The van der Waals surface area contributed by atoms with E-state index in [1.54, 1.807) is 0 Å². The van der Waals surface area contributed by atoms with Gasteiger partial charge in [-0.25, -0.2) is 0 Å². The molecule has 1 fully saturated rings. The number of aliphatic hydroxyl groups is 1. The van der Waals surface area contributed by atoms with E-state index < -0.39 is 6.10 Å². The summed E-state index contributed by atoms with van der Waals surface area (Å²) in [7, 11) is 0. The Morgan fingerprint density at radius 3 is 2.54 bits per heavy atom. The van der Waals surface area contributed by atoms with Gasteiger partial charge in [0.15, 0.2) is 0 Å². The lowest BCUT2D eigenvalue weighted by atomic mass is 9.89. The molecular formula is C10H19ClO2. The van der Waals surface area contributed by atoms with Crippen molar-refractivity contribution >= 4 is 11.6 Å². The lowest BCUT2D eigenvalue weighted by Crippen LogP contribution is -2.26. The van der Waals surface area contributed by atoms with E-state index in [9.17, 15) is 5.11 Å². The van der Waals surface area contributed by atoms with Gasteiger partial charge in [-0.2, -0.15) is 0 Å². The summed E-state index contributed by atoms with van der Waals surface area (Å²) in [5.74, 6) is 1.11. The smallest absolute Gasteiger partial charge is 0.0908 e. The molecule has 78 valence electrons. The molecule has 0 aromatic carbocycles. The van der Waals surface area contributed by atoms with E-state index >= 15 is 0 Å². The van der Waals surface area contributed by atoms with Crippen molar-refractivity contribution in [3.63, 3.8) is 0 Å². The minimum Gasteiger partial charge on any atom is -0.389 e. The third-order valence-corrected chi connectivity index (χ3v) is 3.02. The lowest BCUT2D eigenvalue weighted by Gasteiger charge is -2.26. The maximum Gasteiger partial charge on any atom is 0.0908 e. The topological polar surface area (TPSA) is 29.5 Å². The van der Waals surface area contributed by atoms with Crippen molar-refractivity contribution < 1.29 is 9.84 Å². The molecule has 0 aromatic rings. The van der Waals surface area contributed by atoms with E-state index in [1.807, 2.05) is 0 Å². The van der Waals surface area contributed by atoms with E-state index in [4.69, 9.17) is 16.3 Å². The summed E-state index contributed by atoms with van der Waals surface area (Å²) >= 11 is 5.46. The van der Waals surface area contributed by atoms with E-state index in [0.717, 1.165) is 18.8 Å². The number of hydrogen-bond donors (Lipinski definition) is 1. The fourth-order valence-corrected chi connectivity index (χ4v) is 1.78. The Labute approximate surface area is 85.2 Å². The first kappa shape index (κ1) is 11.3. The van der Waals surface area contributed by atoms with Crippen LogP contribution < -0.4 is 0 Å². The second kappa shape index (κ2) is 5.84. The molecule has 13 heavy (non-hydrogen) atoms. The van der Waals surface area contributed by atoms with Crippen molar-refractivity contribution in [1.82, 2.24) is 0 Å². The fraction of sp³-hybridized carbons (Fsp3) is 1.00. The molecule has 0 heterocycles. The van der Waals surface area contributed by atoms with E-state index in [0.29, 0.717) is 12.7 Å². The third kappa shape index (κ3) is 4.30. The predicted octanol–water partition coefficient (Wildman–Crippen LogP) is 2.18. The molecule has 3 heteroatoms. The molecule has 0 bridgehead atoms. The van der Waals surface area contributed by atoms with Crippen LogP contribution in [0, 0.1) is 5.92 Å². The van der Waals surface area contributed by atoms with Crippen molar-refractivity contribution in [2.45, 2.75) is 44.8 Å². The molecule has 0 spiro atoms. The van der Waals surface area contributed by atoms with Gasteiger partial charge < -0.3 is 9.84 Å². The highest BCUT2D eigenvalue weighted by Crippen LogP contribution is 2.25. The first-order chi connectivity index (χ1) is 6.22. The van der Waals surface area contributed by atoms with Gasteiger partial charge in [0.2, 0.25) is 0 Å². The Kier molecular flexibility index (Phi) is 5.07. The average Bonchev–Trinajstić information content (AvgIpc) is 2.16. The number of alkyl halides is 1. The normalized spacial score (nSPS) is 31.6. The Hall–Kier alpha value is 0.210. The molecule has 1 saturated carbocycles. The van der Waals surface area contributed by atoms with Gasteiger partial charge in [0.1, 0.15) is 0 Å². The summed E-state index contributed by atoms with van der Waals surface area (Å²) in [6.45, 7) is 2.67. The Bertz CT molecular complexity index is 133. The molecule has 1 aliphatic carbocycles. The van der Waals surface area contributed by atoms with Crippen LogP contribution in [0.3, 0.4) is 0 Å². The largest absolute Gasteiger partial charge is 0.389 e. The molecule has 2 nitrogen and oxygen atoms in total. The lowest BCUT2D eigenvalue weighted by molar-refractivity contribution is -0.0221. The minimum atomic E-state index is -0.499. The zero-order valence-corrected chi connectivity index (χ0v) is 8.96. The van der Waals surface area contributed by atoms with Crippen LogP contribution in [0.15, 0.2) is 0 Å². The maximum absolute atomic E-state index is 9.18. The van der Waals surface area contributed by atoms with Crippen LogP contribution in [0.25, 0.3) is 0 Å². The molecule has 0 aromatic heterocycles. The Morgan fingerprint density at radius 1 is 1.38 bits per heavy atom. The Morgan fingerprint density at radius 2 is 2.00 bits per heavy atom. The van der Waals surface area contributed by atoms with Gasteiger partial charge in [-0.05, 0) is 31.6 Å². The van der Waals surface area contributed by atoms with Gasteiger partial charge in [-0.15, -0.1) is 11.6 Å². The molecule has 1 N–H and O–H groups in total. The van der Waals surface area contributed by atoms with Gasteiger partial charge in [0.25, 0.3) is 0 Å². The molecule has 0 amide bonds. The highest BCUT2D eigenvalue weighted by Gasteiger charge is 2.19. The minimum absolute atomic E-state index is 0.267. The zero-order chi connectivity index (χ0) is 9.68. The maximum atomic E-state index is 9.18. The quantitative estimate of drug-likeness (QED) is 0.715. The van der Waals surface area contributed by atoms with Crippen molar-refractivity contribution in [2.24, 2.45) is 5.92 Å². The van der Waals surface area contributed by atoms with Crippen LogP contribution in [0.1, 0.15) is 32.6 Å². The average molecular weight is 207 g/mol. The van der Waals surface area contributed by atoms with Crippen LogP contribution in [-0.4, -0.2) is 29.8 Å². The SMILES string of the molecule is CC1CCC(OCC(O)CCl)CC1. The summed E-state index contributed by atoms with van der Waals surface area (Å²) in [5.41, 5.74) is 0. The van der Waals surface area contributed by atoms with Gasteiger partial charge >= 0.3 is 0 Å². The summed E-state index contributed by atoms with van der Waals surface area (Å²) in [6.07, 6.45) is 4.63. The molecule has 1 atom stereocenters. The monoisotopic (exact) mass is 206 g/mol. The second-order valence-electron chi connectivity index (χ2n) is 4.02. The van der Waals surface area contributed by atoms with Crippen LogP contribution in [0.4, 0.5) is 0 Å². The Balaban J connectivity index is 2.08. The summed E-state index contributed by atoms with van der Waals surface area (Å²) in [6, 6.07) is 0. The standard InChI is InChI=1S/C10H19ClO2/c1-8-2-4-10(5-3-8)13-7-9(12)6-11/h8-10,12H,2-7H2,1H3.